The summed E-state index contributed by atoms with van der Waals surface area (Å²) in [6.07, 6.45) is 4.43. The van der Waals surface area contributed by atoms with Crippen LogP contribution in [0.5, 0.6) is 0 Å². The van der Waals surface area contributed by atoms with Gasteiger partial charge in [0.15, 0.2) is 0 Å². The molecule has 0 spiro atoms. The fraction of sp³-hybridized carbons (Fsp3) is 0.312. The first-order valence-corrected chi connectivity index (χ1v) is 7.76. The summed E-state index contributed by atoms with van der Waals surface area (Å²) in [7, 11) is 0. The van der Waals surface area contributed by atoms with E-state index in [1.165, 1.54) is 37.2 Å². The predicted octanol–water partition coefficient (Wildman–Crippen LogP) is 4.50. The smallest absolute Gasteiger partial charge is 0.144 e. The first kappa shape index (κ1) is 13.4. The van der Waals surface area contributed by atoms with Crippen molar-refractivity contribution in [2.75, 3.05) is 23.3 Å². The van der Waals surface area contributed by atoms with E-state index >= 15 is 0 Å². The molecular weight excluding hydrogens is 314 g/mol. The molecule has 20 heavy (non-hydrogen) atoms. The van der Waals surface area contributed by atoms with Crippen molar-refractivity contribution in [1.29, 1.82) is 0 Å². The Balaban J connectivity index is 1.76. The molecule has 1 aromatic heterocycles. The van der Waals surface area contributed by atoms with E-state index in [2.05, 4.69) is 62.3 Å². The lowest BCUT2D eigenvalue weighted by Crippen LogP contribution is -2.17. The van der Waals surface area contributed by atoms with Gasteiger partial charge in [0.2, 0.25) is 0 Å². The lowest BCUT2D eigenvalue weighted by atomic mass is 10.2. The standard InChI is InChI=1S/C16H18BrN3/c1-12-8-9-18-16(15(12)17)19-13-4-6-14(7-5-13)20-10-2-3-11-20/h4-9H,2-3,10-11H2,1H3,(H,18,19). The first-order valence-electron chi connectivity index (χ1n) is 6.97. The number of nitrogens with zero attached hydrogens (tertiary/aromatic N) is 2. The quantitative estimate of drug-likeness (QED) is 0.897. The molecule has 1 aromatic carbocycles. The van der Waals surface area contributed by atoms with Crippen molar-refractivity contribution >= 4 is 33.1 Å². The average Bonchev–Trinajstić information content (AvgIpc) is 2.99. The summed E-state index contributed by atoms with van der Waals surface area (Å²) in [6, 6.07) is 10.6. The Morgan fingerprint density at radius 2 is 1.80 bits per heavy atom. The fourth-order valence-electron chi connectivity index (χ4n) is 2.49. The molecule has 1 aliphatic heterocycles. The highest BCUT2D eigenvalue weighted by atomic mass is 79.9. The van der Waals surface area contributed by atoms with E-state index in [1.54, 1.807) is 0 Å². The third-order valence-electron chi connectivity index (χ3n) is 3.68. The highest BCUT2D eigenvalue weighted by Gasteiger charge is 2.12. The molecular formula is C16H18BrN3. The molecule has 0 saturated carbocycles. The highest BCUT2D eigenvalue weighted by Crippen LogP contribution is 2.28. The molecule has 1 saturated heterocycles. The monoisotopic (exact) mass is 331 g/mol. The molecule has 1 fully saturated rings. The second kappa shape index (κ2) is 5.83. The summed E-state index contributed by atoms with van der Waals surface area (Å²) < 4.78 is 1.02. The van der Waals surface area contributed by atoms with Crippen LogP contribution in [0.4, 0.5) is 17.2 Å². The summed E-state index contributed by atoms with van der Waals surface area (Å²) in [4.78, 5) is 6.80. The number of halogens is 1. The van der Waals surface area contributed by atoms with Crippen LogP contribution in [0.25, 0.3) is 0 Å². The molecule has 104 valence electrons. The molecule has 2 aromatic rings. The molecule has 0 unspecified atom stereocenters. The zero-order valence-corrected chi connectivity index (χ0v) is 13.2. The van der Waals surface area contributed by atoms with Crippen LogP contribution in [0, 0.1) is 6.92 Å². The van der Waals surface area contributed by atoms with Crippen LogP contribution in [-0.2, 0) is 0 Å². The Kier molecular flexibility index (Phi) is 3.92. The van der Waals surface area contributed by atoms with Gasteiger partial charge in [-0.2, -0.15) is 0 Å². The van der Waals surface area contributed by atoms with Gasteiger partial charge in [0.1, 0.15) is 5.82 Å². The van der Waals surface area contributed by atoms with Gasteiger partial charge in [0.25, 0.3) is 0 Å². The maximum atomic E-state index is 4.37. The number of nitrogens with one attached hydrogen (secondary N) is 1. The number of hydrogen-bond acceptors (Lipinski definition) is 3. The van der Waals surface area contributed by atoms with Crippen molar-refractivity contribution in [1.82, 2.24) is 4.98 Å². The van der Waals surface area contributed by atoms with Crippen molar-refractivity contribution in [2.45, 2.75) is 19.8 Å². The Morgan fingerprint density at radius 1 is 1.10 bits per heavy atom. The minimum atomic E-state index is 0.860. The van der Waals surface area contributed by atoms with E-state index in [-0.39, 0.29) is 0 Å². The maximum Gasteiger partial charge on any atom is 0.144 e. The third-order valence-corrected chi connectivity index (χ3v) is 4.68. The lowest BCUT2D eigenvalue weighted by molar-refractivity contribution is 0.949. The molecule has 3 rings (SSSR count). The number of rotatable bonds is 3. The normalized spacial score (nSPS) is 14.6. The number of benzene rings is 1. The van der Waals surface area contributed by atoms with Crippen molar-refractivity contribution < 1.29 is 0 Å². The van der Waals surface area contributed by atoms with Gasteiger partial charge in [0.05, 0.1) is 4.47 Å². The van der Waals surface area contributed by atoms with Gasteiger partial charge in [0, 0.05) is 30.7 Å². The number of hydrogen-bond donors (Lipinski definition) is 1. The minimum Gasteiger partial charge on any atom is -0.372 e. The van der Waals surface area contributed by atoms with Gasteiger partial charge >= 0.3 is 0 Å². The van der Waals surface area contributed by atoms with E-state index in [1.807, 2.05) is 12.3 Å². The Labute approximate surface area is 128 Å². The van der Waals surface area contributed by atoms with Gasteiger partial charge in [-0.05, 0) is 71.6 Å². The van der Waals surface area contributed by atoms with Gasteiger partial charge in [-0.3, -0.25) is 0 Å². The van der Waals surface area contributed by atoms with E-state index in [0.717, 1.165) is 16.0 Å². The van der Waals surface area contributed by atoms with E-state index < -0.39 is 0 Å². The van der Waals surface area contributed by atoms with Crippen LogP contribution in [0.3, 0.4) is 0 Å². The van der Waals surface area contributed by atoms with Gasteiger partial charge < -0.3 is 10.2 Å². The molecule has 1 N–H and O–H groups in total. The topological polar surface area (TPSA) is 28.2 Å². The first-order chi connectivity index (χ1) is 9.74. The molecule has 1 aliphatic rings. The van der Waals surface area contributed by atoms with Gasteiger partial charge in [-0.15, -0.1) is 0 Å². The number of aromatic nitrogens is 1. The van der Waals surface area contributed by atoms with Crippen LogP contribution in [0.1, 0.15) is 18.4 Å². The second-order valence-corrected chi connectivity index (χ2v) is 5.95. The molecule has 0 amide bonds. The lowest BCUT2D eigenvalue weighted by Gasteiger charge is -2.18. The fourth-order valence-corrected chi connectivity index (χ4v) is 2.83. The molecule has 0 aliphatic carbocycles. The van der Waals surface area contributed by atoms with E-state index in [9.17, 15) is 0 Å². The molecule has 0 bridgehead atoms. The number of anilines is 3. The maximum absolute atomic E-state index is 4.37. The summed E-state index contributed by atoms with van der Waals surface area (Å²) in [5.41, 5.74) is 3.55. The van der Waals surface area contributed by atoms with Crippen molar-refractivity contribution in [2.24, 2.45) is 0 Å². The Bertz CT molecular complexity index is 589. The molecule has 0 radical (unpaired) electrons. The summed E-state index contributed by atoms with van der Waals surface area (Å²) >= 11 is 3.57. The average molecular weight is 332 g/mol. The summed E-state index contributed by atoms with van der Waals surface area (Å²) in [6.45, 7) is 4.42. The van der Waals surface area contributed by atoms with Gasteiger partial charge in [-0.25, -0.2) is 4.98 Å². The van der Waals surface area contributed by atoms with E-state index in [0.29, 0.717) is 0 Å². The summed E-state index contributed by atoms with van der Waals surface area (Å²) in [5, 5.41) is 3.35. The molecule has 4 heteroatoms. The van der Waals surface area contributed by atoms with Crippen LogP contribution in [0.15, 0.2) is 41.0 Å². The zero-order valence-electron chi connectivity index (χ0n) is 11.6. The number of aryl methyl sites for hydroxylation is 1. The van der Waals surface area contributed by atoms with Crippen LogP contribution in [-0.4, -0.2) is 18.1 Å². The van der Waals surface area contributed by atoms with Crippen LogP contribution in [0.2, 0.25) is 0 Å². The highest BCUT2D eigenvalue weighted by molar-refractivity contribution is 9.10. The summed E-state index contributed by atoms with van der Waals surface area (Å²) in [5.74, 6) is 0.860. The van der Waals surface area contributed by atoms with E-state index in [4.69, 9.17) is 0 Å². The SMILES string of the molecule is Cc1ccnc(Nc2ccc(N3CCCC3)cc2)c1Br. The third kappa shape index (κ3) is 2.80. The second-order valence-electron chi connectivity index (χ2n) is 5.16. The zero-order chi connectivity index (χ0) is 13.9. The predicted molar refractivity (Wildman–Crippen MR) is 87.8 cm³/mol. The van der Waals surface area contributed by atoms with Crippen LogP contribution >= 0.6 is 15.9 Å². The Hall–Kier alpha value is -1.55. The van der Waals surface area contributed by atoms with Crippen molar-refractivity contribution in [3.05, 3.63) is 46.6 Å². The number of pyridine rings is 1. The van der Waals surface area contributed by atoms with Crippen molar-refractivity contribution in [3.8, 4) is 0 Å². The molecule has 0 atom stereocenters. The van der Waals surface area contributed by atoms with Crippen LogP contribution < -0.4 is 10.2 Å². The van der Waals surface area contributed by atoms with Crippen molar-refractivity contribution in [3.63, 3.8) is 0 Å². The largest absolute Gasteiger partial charge is 0.372 e. The molecule has 2 heterocycles. The minimum absolute atomic E-state index is 0.860. The van der Waals surface area contributed by atoms with Gasteiger partial charge in [-0.1, -0.05) is 0 Å². The Morgan fingerprint density at radius 3 is 2.50 bits per heavy atom. The molecule has 3 nitrogen and oxygen atoms in total.